The highest BCUT2D eigenvalue weighted by molar-refractivity contribution is 7.89. The molecule has 1 saturated heterocycles. The standard InChI is InChI=1S/C24H29N3O4S/c1-4-17-9-5-6-10-20(17)25-22(28)16-27-21-12-11-18(15-19(21)24(2,3)23(27)29)32(30,31)26-13-7-8-14-26/h5-6,9-12,15H,4,7-8,13-14,16H2,1-3H3,(H,25,28). The summed E-state index contributed by atoms with van der Waals surface area (Å²) in [7, 11) is -3.59. The minimum absolute atomic E-state index is 0.133. The van der Waals surface area contributed by atoms with E-state index in [2.05, 4.69) is 5.32 Å². The second-order valence-electron chi connectivity index (χ2n) is 8.87. The molecule has 0 unspecified atom stereocenters. The number of fused-ring (bicyclic) bond motifs is 1. The third-order valence-corrected chi connectivity index (χ3v) is 8.28. The zero-order valence-corrected chi connectivity index (χ0v) is 19.5. The van der Waals surface area contributed by atoms with Gasteiger partial charge in [0.2, 0.25) is 21.8 Å². The van der Waals surface area contributed by atoms with Crippen LogP contribution in [0.15, 0.2) is 47.4 Å². The predicted octanol–water partition coefficient (Wildman–Crippen LogP) is 3.30. The van der Waals surface area contributed by atoms with Gasteiger partial charge in [0, 0.05) is 24.5 Å². The van der Waals surface area contributed by atoms with Gasteiger partial charge in [0.05, 0.1) is 10.3 Å². The Labute approximate surface area is 189 Å². The molecule has 2 aromatic rings. The van der Waals surface area contributed by atoms with Crippen LogP contribution in [0, 0.1) is 0 Å². The van der Waals surface area contributed by atoms with Crippen LogP contribution in [-0.2, 0) is 31.4 Å². The second kappa shape index (κ2) is 8.33. The van der Waals surface area contributed by atoms with Gasteiger partial charge in [-0.25, -0.2) is 8.42 Å². The van der Waals surface area contributed by atoms with Crippen LogP contribution in [0.25, 0.3) is 0 Å². The summed E-state index contributed by atoms with van der Waals surface area (Å²) < 4.78 is 27.5. The summed E-state index contributed by atoms with van der Waals surface area (Å²) in [6.07, 6.45) is 2.50. The first-order valence-electron chi connectivity index (χ1n) is 11.0. The first-order valence-corrected chi connectivity index (χ1v) is 12.4. The highest BCUT2D eigenvalue weighted by Crippen LogP contribution is 2.43. The van der Waals surface area contributed by atoms with E-state index in [0.717, 1.165) is 30.5 Å². The number of rotatable bonds is 6. The van der Waals surface area contributed by atoms with Crippen LogP contribution in [0.2, 0.25) is 0 Å². The average molecular weight is 456 g/mol. The van der Waals surface area contributed by atoms with Gasteiger partial charge in [0.25, 0.3) is 0 Å². The van der Waals surface area contributed by atoms with Crippen LogP contribution in [0.3, 0.4) is 0 Å². The number of benzene rings is 2. The third-order valence-electron chi connectivity index (χ3n) is 6.39. The van der Waals surface area contributed by atoms with E-state index < -0.39 is 15.4 Å². The minimum atomic E-state index is -3.59. The molecule has 1 fully saturated rings. The molecule has 0 radical (unpaired) electrons. The number of carbonyl (C=O) groups is 2. The SMILES string of the molecule is CCc1ccccc1NC(=O)CN1C(=O)C(C)(C)c2cc(S(=O)(=O)N3CCCC3)ccc21. The summed E-state index contributed by atoms with van der Waals surface area (Å²) in [5, 5.41) is 2.90. The highest BCUT2D eigenvalue weighted by Gasteiger charge is 2.45. The lowest BCUT2D eigenvalue weighted by Gasteiger charge is -2.20. The van der Waals surface area contributed by atoms with Crippen molar-refractivity contribution in [3.8, 4) is 0 Å². The van der Waals surface area contributed by atoms with Crippen LogP contribution < -0.4 is 10.2 Å². The molecule has 0 spiro atoms. The zero-order valence-electron chi connectivity index (χ0n) is 18.7. The van der Waals surface area contributed by atoms with Crippen molar-refractivity contribution in [2.45, 2.75) is 50.3 Å². The largest absolute Gasteiger partial charge is 0.324 e. The first kappa shape index (κ1) is 22.5. The number of amides is 2. The van der Waals surface area contributed by atoms with Crippen molar-refractivity contribution in [2.24, 2.45) is 0 Å². The Morgan fingerprint density at radius 1 is 1.09 bits per heavy atom. The number of hydrogen-bond donors (Lipinski definition) is 1. The summed E-state index contributed by atoms with van der Waals surface area (Å²) >= 11 is 0. The average Bonchev–Trinajstić information content (AvgIpc) is 3.38. The molecule has 2 aliphatic rings. The van der Waals surface area contributed by atoms with E-state index in [4.69, 9.17) is 0 Å². The molecule has 2 amide bonds. The van der Waals surface area contributed by atoms with E-state index in [1.54, 1.807) is 32.0 Å². The number of hydrogen-bond acceptors (Lipinski definition) is 4. The molecular formula is C24H29N3O4S. The Kier molecular flexibility index (Phi) is 5.85. The Hall–Kier alpha value is -2.71. The van der Waals surface area contributed by atoms with Gasteiger partial charge in [-0.1, -0.05) is 25.1 Å². The molecule has 32 heavy (non-hydrogen) atoms. The van der Waals surface area contributed by atoms with Crippen molar-refractivity contribution < 1.29 is 18.0 Å². The monoisotopic (exact) mass is 455 g/mol. The molecule has 2 aliphatic heterocycles. The fourth-order valence-electron chi connectivity index (χ4n) is 4.49. The van der Waals surface area contributed by atoms with Gasteiger partial charge >= 0.3 is 0 Å². The summed E-state index contributed by atoms with van der Waals surface area (Å²) in [5.41, 5.74) is 2.04. The number of anilines is 2. The summed E-state index contributed by atoms with van der Waals surface area (Å²) in [6, 6.07) is 12.4. The molecule has 0 bridgehead atoms. The van der Waals surface area contributed by atoms with Gasteiger partial charge in [-0.3, -0.25) is 9.59 Å². The fourth-order valence-corrected chi connectivity index (χ4v) is 6.04. The summed E-state index contributed by atoms with van der Waals surface area (Å²) in [4.78, 5) is 27.6. The Morgan fingerprint density at radius 2 is 1.78 bits per heavy atom. The van der Waals surface area contributed by atoms with Gasteiger partial charge in [0.1, 0.15) is 6.54 Å². The second-order valence-corrected chi connectivity index (χ2v) is 10.8. The molecule has 2 aromatic carbocycles. The quantitative estimate of drug-likeness (QED) is 0.724. The molecule has 7 nitrogen and oxygen atoms in total. The van der Waals surface area contributed by atoms with E-state index in [9.17, 15) is 18.0 Å². The first-order chi connectivity index (χ1) is 15.2. The van der Waals surface area contributed by atoms with Crippen molar-refractivity contribution in [3.63, 3.8) is 0 Å². The van der Waals surface area contributed by atoms with Crippen molar-refractivity contribution in [3.05, 3.63) is 53.6 Å². The molecule has 0 atom stereocenters. The Bertz CT molecular complexity index is 1170. The predicted molar refractivity (Wildman–Crippen MR) is 124 cm³/mol. The van der Waals surface area contributed by atoms with Crippen LogP contribution in [0.5, 0.6) is 0 Å². The highest BCUT2D eigenvalue weighted by atomic mass is 32.2. The lowest BCUT2D eigenvalue weighted by molar-refractivity contribution is -0.124. The van der Waals surface area contributed by atoms with E-state index in [1.807, 2.05) is 31.2 Å². The van der Waals surface area contributed by atoms with Crippen LogP contribution in [0.4, 0.5) is 11.4 Å². The van der Waals surface area contributed by atoms with Crippen molar-refractivity contribution in [1.29, 1.82) is 0 Å². The zero-order chi connectivity index (χ0) is 23.1. The van der Waals surface area contributed by atoms with Crippen molar-refractivity contribution in [2.75, 3.05) is 29.9 Å². The van der Waals surface area contributed by atoms with Gasteiger partial charge < -0.3 is 10.2 Å². The van der Waals surface area contributed by atoms with Crippen LogP contribution in [-0.4, -0.2) is 44.2 Å². The molecule has 8 heteroatoms. The number of sulfonamides is 1. The normalized spacial score (nSPS) is 18.1. The molecule has 0 aromatic heterocycles. The molecule has 170 valence electrons. The molecular weight excluding hydrogens is 426 g/mol. The molecule has 1 N–H and O–H groups in total. The number of aryl methyl sites for hydroxylation is 1. The topological polar surface area (TPSA) is 86.8 Å². The van der Waals surface area contributed by atoms with Crippen molar-refractivity contribution in [1.82, 2.24) is 4.31 Å². The fraction of sp³-hybridized carbons (Fsp3) is 0.417. The molecule has 4 rings (SSSR count). The third kappa shape index (κ3) is 3.82. The maximum atomic E-state index is 13.2. The molecule has 0 saturated carbocycles. The number of nitrogens with zero attached hydrogens (tertiary/aromatic N) is 2. The summed E-state index contributed by atoms with van der Waals surface area (Å²) in [5.74, 6) is -0.515. The lowest BCUT2D eigenvalue weighted by atomic mass is 9.86. The maximum absolute atomic E-state index is 13.2. The Morgan fingerprint density at radius 3 is 2.47 bits per heavy atom. The van der Waals surface area contributed by atoms with E-state index in [-0.39, 0.29) is 23.3 Å². The van der Waals surface area contributed by atoms with Crippen LogP contribution >= 0.6 is 0 Å². The van der Waals surface area contributed by atoms with Gasteiger partial charge in [-0.2, -0.15) is 4.31 Å². The van der Waals surface area contributed by atoms with E-state index in [0.29, 0.717) is 24.3 Å². The number of para-hydroxylation sites is 1. The number of nitrogens with one attached hydrogen (secondary N) is 1. The van der Waals surface area contributed by atoms with Gasteiger partial charge in [-0.05, 0) is 68.5 Å². The van der Waals surface area contributed by atoms with Gasteiger partial charge in [0.15, 0.2) is 0 Å². The number of carbonyl (C=O) groups excluding carboxylic acids is 2. The smallest absolute Gasteiger partial charge is 0.244 e. The Balaban J connectivity index is 1.61. The summed E-state index contributed by atoms with van der Waals surface area (Å²) in [6.45, 7) is 6.46. The maximum Gasteiger partial charge on any atom is 0.244 e. The van der Waals surface area contributed by atoms with Crippen molar-refractivity contribution >= 4 is 33.2 Å². The molecule has 0 aliphatic carbocycles. The molecule has 2 heterocycles. The van der Waals surface area contributed by atoms with Crippen LogP contribution in [0.1, 0.15) is 44.7 Å². The lowest BCUT2D eigenvalue weighted by Crippen LogP contribution is -2.40. The van der Waals surface area contributed by atoms with E-state index >= 15 is 0 Å². The minimum Gasteiger partial charge on any atom is -0.324 e. The van der Waals surface area contributed by atoms with E-state index in [1.165, 1.54) is 9.21 Å². The van der Waals surface area contributed by atoms with Gasteiger partial charge in [-0.15, -0.1) is 0 Å².